The first kappa shape index (κ1) is 16.4. The molecule has 1 N–H and O–H groups in total. The van der Waals surface area contributed by atoms with Gasteiger partial charge in [0, 0.05) is 33.8 Å². The molecule has 0 aliphatic rings. The molecule has 2 aromatic heterocycles. The van der Waals surface area contributed by atoms with Crippen molar-refractivity contribution < 1.29 is 4.92 Å². The number of fused-ring (bicyclic) bond motifs is 1. The maximum atomic E-state index is 11.1. The monoisotopic (exact) mass is 382 g/mol. The number of rotatable bonds is 4. The summed E-state index contributed by atoms with van der Waals surface area (Å²) in [4.78, 5) is 20.1. The van der Waals surface area contributed by atoms with Crippen LogP contribution in [0.2, 0.25) is 5.02 Å². The largest absolute Gasteiger partial charge is 0.340 e. The Morgan fingerprint density at radius 1 is 1.12 bits per heavy atom. The molecule has 2 heterocycles. The third-order valence-electron chi connectivity index (χ3n) is 3.83. The average Bonchev–Trinajstić information content (AvgIpc) is 3.07. The zero-order valence-electron chi connectivity index (χ0n) is 13.2. The summed E-state index contributed by atoms with van der Waals surface area (Å²) >= 11 is 7.51. The number of non-ortho nitro benzene ring substituents is 1. The molecule has 0 amide bonds. The second-order valence-electron chi connectivity index (χ2n) is 5.49. The van der Waals surface area contributed by atoms with Gasteiger partial charge < -0.3 is 5.32 Å². The van der Waals surface area contributed by atoms with Crippen molar-refractivity contribution in [1.82, 2.24) is 9.97 Å². The van der Waals surface area contributed by atoms with Crippen LogP contribution in [0.1, 0.15) is 0 Å². The van der Waals surface area contributed by atoms with Gasteiger partial charge >= 0.3 is 0 Å². The van der Waals surface area contributed by atoms with Gasteiger partial charge in [-0.25, -0.2) is 9.97 Å². The molecule has 0 saturated heterocycles. The van der Waals surface area contributed by atoms with Crippen molar-refractivity contribution in [1.29, 1.82) is 0 Å². The van der Waals surface area contributed by atoms with Gasteiger partial charge in [-0.15, -0.1) is 11.3 Å². The number of aromatic nitrogens is 2. The van der Waals surface area contributed by atoms with Crippen LogP contribution in [0.3, 0.4) is 0 Å². The number of thiophene rings is 1. The highest BCUT2D eigenvalue weighted by molar-refractivity contribution is 7.17. The van der Waals surface area contributed by atoms with Crippen molar-refractivity contribution in [3.63, 3.8) is 0 Å². The Bertz CT molecular complexity index is 1130. The number of hydrogen-bond donors (Lipinski definition) is 1. The highest BCUT2D eigenvalue weighted by atomic mass is 35.5. The Morgan fingerprint density at radius 3 is 2.77 bits per heavy atom. The van der Waals surface area contributed by atoms with Gasteiger partial charge in [0.2, 0.25) is 0 Å². The molecule has 4 rings (SSSR count). The highest BCUT2D eigenvalue weighted by Crippen LogP contribution is 2.38. The fourth-order valence-corrected chi connectivity index (χ4v) is 3.78. The topological polar surface area (TPSA) is 81.0 Å². The fraction of sp³-hybridized carbons (Fsp3) is 0. The second-order valence-corrected chi connectivity index (χ2v) is 6.79. The van der Waals surface area contributed by atoms with E-state index in [9.17, 15) is 10.1 Å². The van der Waals surface area contributed by atoms with Crippen molar-refractivity contribution in [3.8, 4) is 11.1 Å². The highest BCUT2D eigenvalue weighted by Gasteiger charge is 2.15. The van der Waals surface area contributed by atoms with Crippen LogP contribution in [-0.4, -0.2) is 14.9 Å². The van der Waals surface area contributed by atoms with E-state index in [0.717, 1.165) is 27.0 Å². The predicted molar refractivity (Wildman–Crippen MR) is 104 cm³/mol. The Labute approximate surface area is 157 Å². The first-order valence-corrected chi connectivity index (χ1v) is 8.87. The molecule has 0 unspecified atom stereocenters. The van der Waals surface area contributed by atoms with E-state index < -0.39 is 4.92 Å². The fourth-order valence-electron chi connectivity index (χ4n) is 2.67. The molecule has 0 aliphatic carbocycles. The smallest absolute Gasteiger partial charge is 0.270 e. The molecule has 0 spiro atoms. The standard InChI is InChI=1S/C18H11ClN4O2S/c19-12-4-2-5-13(8-12)22-17-16-15(9-26-18(16)21-10-20-17)11-3-1-6-14(7-11)23(24)25/h1-10H,(H,20,21,22). The molecule has 26 heavy (non-hydrogen) atoms. The maximum Gasteiger partial charge on any atom is 0.270 e. The molecule has 6 nitrogen and oxygen atoms in total. The summed E-state index contributed by atoms with van der Waals surface area (Å²) in [6, 6.07) is 13.9. The number of hydrogen-bond acceptors (Lipinski definition) is 6. The summed E-state index contributed by atoms with van der Waals surface area (Å²) in [6.45, 7) is 0. The number of nitrogens with zero attached hydrogens (tertiary/aromatic N) is 3. The SMILES string of the molecule is O=[N+]([O-])c1cccc(-c2csc3ncnc(Nc4cccc(Cl)c4)c23)c1. The molecular weight excluding hydrogens is 372 g/mol. The summed E-state index contributed by atoms with van der Waals surface area (Å²) in [7, 11) is 0. The number of anilines is 2. The van der Waals surface area contributed by atoms with Crippen LogP contribution < -0.4 is 5.32 Å². The van der Waals surface area contributed by atoms with E-state index in [4.69, 9.17) is 11.6 Å². The third-order valence-corrected chi connectivity index (χ3v) is 4.95. The molecule has 0 bridgehead atoms. The lowest BCUT2D eigenvalue weighted by Gasteiger charge is -2.08. The number of nitrogens with one attached hydrogen (secondary N) is 1. The Balaban J connectivity index is 1.85. The maximum absolute atomic E-state index is 11.1. The van der Waals surface area contributed by atoms with E-state index in [1.807, 2.05) is 23.6 Å². The van der Waals surface area contributed by atoms with E-state index in [0.29, 0.717) is 10.8 Å². The molecule has 0 atom stereocenters. The minimum absolute atomic E-state index is 0.0445. The minimum Gasteiger partial charge on any atom is -0.340 e. The van der Waals surface area contributed by atoms with Crippen molar-refractivity contribution >= 4 is 50.3 Å². The second kappa shape index (κ2) is 6.70. The number of nitro groups is 1. The molecule has 0 aliphatic heterocycles. The van der Waals surface area contributed by atoms with Crippen LogP contribution in [0.25, 0.3) is 21.3 Å². The molecule has 4 aromatic rings. The first-order valence-electron chi connectivity index (χ1n) is 7.61. The average molecular weight is 383 g/mol. The van der Waals surface area contributed by atoms with Crippen molar-refractivity contribution in [2.75, 3.05) is 5.32 Å². The summed E-state index contributed by atoms with van der Waals surface area (Å²) in [5.41, 5.74) is 2.44. The lowest BCUT2D eigenvalue weighted by Crippen LogP contribution is -1.95. The molecule has 128 valence electrons. The Hall–Kier alpha value is -3.03. The van der Waals surface area contributed by atoms with Gasteiger partial charge in [0.25, 0.3) is 5.69 Å². The zero-order valence-corrected chi connectivity index (χ0v) is 14.8. The first-order chi connectivity index (χ1) is 12.6. The quantitative estimate of drug-likeness (QED) is 0.363. The van der Waals surface area contributed by atoms with Crippen LogP contribution in [0.5, 0.6) is 0 Å². The normalized spacial score (nSPS) is 10.8. The lowest BCUT2D eigenvalue weighted by atomic mass is 10.1. The summed E-state index contributed by atoms with van der Waals surface area (Å²) in [5, 5.41) is 17.7. The molecule has 2 aromatic carbocycles. The van der Waals surface area contributed by atoms with E-state index in [-0.39, 0.29) is 5.69 Å². The van der Waals surface area contributed by atoms with Gasteiger partial charge in [-0.3, -0.25) is 10.1 Å². The van der Waals surface area contributed by atoms with Gasteiger partial charge in [0.1, 0.15) is 17.0 Å². The van der Waals surface area contributed by atoms with E-state index in [1.54, 1.807) is 24.3 Å². The number of nitro benzene ring substituents is 1. The van der Waals surface area contributed by atoms with Gasteiger partial charge in [-0.05, 0) is 23.8 Å². The van der Waals surface area contributed by atoms with E-state index in [2.05, 4.69) is 15.3 Å². The van der Waals surface area contributed by atoms with Crippen molar-refractivity contribution in [3.05, 3.63) is 75.4 Å². The molecule has 0 radical (unpaired) electrons. The number of benzene rings is 2. The van der Waals surface area contributed by atoms with Gasteiger partial charge in [-0.1, -0.05) is 29.8 Å². The summed E-state index contributed by atoms with van der Waals surface area (Å²) < 4.78 is 0. The Morgan fingerprint density at radius 2 is 1.96 bits per heavy atom. The molecule has 0 fully saturated rings. The van der Waals surface area contributed by atoms with Crippen molar-refractivity contribution in [2.45, 2.75) is 0 Å². The third kappa shape index (κ3) is 3.10. The zero-order chi connectivity index (χ0) is 18.1. The number of halogens is 1. The minimum atomic E-state index is -0.403. The van der Waals surface area contributed by atoms with Crippen LogP contribution in [-0.2, 0) is 0 Å². The van der Waals surface area contributed by atoms with Crippen LogP contribution in [0.4, 0.5) is 17.2 Å². The predicted octanol–water partition coefficient (Wildman–Crippen LogP) is 5.66. The molecular formula is C18H11ClN4O2S. The van der Waals surface area contributed by atoms with Crippen LogP contribution in [0, 0.1) is 10.1 Å². The van der Waals surface area contributed by atoms with Crippen LogP contribution >= 0.6 is 22.9 Å². The molecule has 0 saturated carbocycles. The van der Waals surface area contributed by atoms with Crippen LogP contribution in [0.15, 0.2) is 60.2 Å². The summed E-state index contributed by atoms with van der Waals surface area (Å²) in [6.07, 6.45) is 1.49. The van der Waals surface area contributed by atoms with Gasteiger partial charge in [0.05, 0.1) is 10.3 Å². The van der Waals surface area contributed by atoms with Gasteiger partial charge in [0.15, 0.2) is 0 Å². The van der Waals surface area contributed by atoms with E-state index >= 15 is 0 Å². The molecule has 8 heteroatoms. The van der Waals surface area contributed by atoms with E-state index in [1.165, 1.54) is 23.7 Å². The van der Waals surface area contributed by atoms with Crippen molar-refractivity contribution in [2.24, 2.45) is 0 Å². The summed E-state index contributed by atoms with van der Waals surface area (Å²) in [5.74, 6) is 0.625. The van der Waals surface area contributed by atoms with Gasteiger partial charge in [-0.2, -0.15) is 0 Å². The lowest BCUT2D eigenvalue weighted by molar-refractivity contribution is -0.384. The Kier molecular flexibility index (Phi) is 4.24.